The minimum absolute atomic E-state index is 0.0353. The minimum atomic E-state index is -3.90. The minimum Gasteiger partial charge on any atom is -0.496 e. The molecular formula is C20H26N2O6S. The molecule has 8 nitrogen and oxygen atoms in total. The fraction of sp³-hybridized carbons (Fsp3) is 0.350. The lowest BCUT2D eigenvalue weighted by atomic mass is 10.1. The van der Waals surface area contributed by atoms with Crippen molar-refractivity contribution in [3.63, 3.8) is 0 Å². The fourth-order valence-electron chi connectivity index (χ4n) is 2.78. The van der Waals surface area contributed by atoms with Crippen molar-refractivity contribution in [1.29, 1.82) is 0 Å². The molecule has 0 aliphatic heterocycles. The van der Waals surface area contributed by atoms with E-state index in [-0.39, 0.29) is 10.5 Å². The van der Waals surface area contributed by atoms with Gasteiger partial charge in [-0.05, 0) is 49.7 Å². The van der Waals surface area contributed by atoms with Crippen LogP contribution in [0, 0.1) is 0 Å². The van der Waals surface area contributed by atoms with Gasteiger partial charge in [-0.25, -0.2) is 13.1 Å². The molecule has 29 heavy (non-hydrogen) atoms. The number of amides is 1. The zero-order chi connectivity index (χ0) is 21.6. The van der Waals surface area contributed by atoms with Gasteiger partial charge in [0.25, 0.3) is 5.91 Å². The highest BCUT2D eigenvalue weighted by Crippen LogP contribution is 2.30. The molecule has 0 aliphatic carbocycles. The molecule has 2 aromatic carbocycles. The Morgan fingerprint density at radius 3 is 2.17 bits per heavy atom. The Hall–Kier alpha value is -2.78. The fourth-order valence-corrected chi connectivity index (χ4v) is 4.04. The summed E-state index contributed by atoms with van der Waals surface area (Å²) in [5.41, 5.74) is 0.847. The van der Waals surface area contributed by atoms with Gasteiger partial charge in [-0.1, -0.05) is 6.07 Å². The maximum atomic E-state index is 12.9. The van der Waals surface area contributed by atoms with Crippen molar-refractivity contribution < 1.29 is 27.4 Å². The van der Waals surface area contributed by atoms with E-state index in [1.54, 1.807) is 32.0 Å². The van der Waals surface area contributed by atoms with Crippen LogP contribution < -0.4 is 24.2 Å². The lowest BCUT2D eigenvalue weighted by Gasteiger charge is -2.17. The summed E-state index contributed by atoms with van der Waals surface area (Å²) < 4.78 is 44.0. The van der Waals surface area contributed by atoms with E-state index in [1.165, 1.54) is 39.5 Å². The molecule has 1 amide bonds. The molecule has 0 saturated heterocycles. The number of carbonyl (C=O) groups excluding carboxylic acids is 1. The zero-order valence-electron chi connectivity index (χ0n) is 17.1. The largest absolute Gasteiger partial charge is 0.496 e. The quantitative estimate of drug-likeness (QED) is 0.644. The third-order valence-corrected chi connectivity index (χ3v) is 5.84. The Balaban J connectivity index is 2.33. The third kappa shape index (κ3) is 5.18. The van der Waals surface area contributed by atoms with Gasteiger partial charge in [0.15, 0.2) is 11.5 Å². The smallest absolute Gasteiger partial charge is 0.255 e. The molecule has 1 unspecified atom stereocenters. The molecule has 0 aromatic heterocycles. The average Bonchev–Trinajstić information content (AvgIpc) is 2.72. The zero-order valence-corrected chi connectivity index (χ0v) is 17.9. The van der Waals surface area contributed by atoms with E-state index in [9.17, 15) is 13.2 Å². The van der Waals surface area contributed by atoms with Crippen LogP contribution in [0.4, 0.5) is 0 Å². The first kappa shape index (κ1) is 22.5. The van der Waals surface area contributed by atoms with E-state index in [0.29, 0.717) is 29.4 Å². The van der Waals surface area contributed by atoms with Gasteiger partial charge in [-0.3, -0.25) is 4.79 Å². The van der Waals surface area contributed by atoms with Crippen molar-refractivity contribution >= 4 is 15.9 Å². The van der Waals surface area contributed by atoms with E-state index in [1.807, 2.05) is 0 Å². The number of carbonyl (C=O) groups is 1. The van der Waals surface area contributed by atoms with Crippen molar-refractivity contribution in [2.24, 2.45) is 0 Å². The molecule has 0 spiro atoms. The van der Waals surface area contributed by atoms with Gasteiger partial charge in [-0.15, -0.1) is 0 Å². The normalized spacial score (nSPS) is 12.2. The van der Waals surface area contributed by atoms with E-state index in [2.05, 4.69) is 10.0 Å². The summed E-state index contributed by atoms with van der Waals surface area (Å²) in [7, 11) is 0.562. The number of rotatable bonds is 9. The Morgan fingerprint density at radius 2 is 1.59 bits per heavy atom. The van der Waals surface area contributed by atoms with Gasteiger partial charge in [0.2, 0.25) is 10.0 Å². The second-order valence-electron chi connectivity index (χ2n) is 6.18. The van der Waals surface area contributed by atoms with Crippen molar-refractivity contribution in [3.05, 3.63) is 47.5 Å². The highest BCUT2D eigenvalue weighted by molar-refractivity contribution is 7.89. The van der Waals surface area contributed by atoms with Crippen LogP contribution in [-0.2, 0) is 10.0 Å². The molecule has 0 bridgehead atoms. The molecule has 2 N–H and O–H groups in total. The van der Waals surface area contributed by atoms with E-state index in [0.717, 1.165) is 0 Å². The van der Waals surface area contributed by atoms with Crippen LogP contribution in [0.2, 0.25) is 0 Å². The number of hydrogen-bond donors (Lipinski definition) is 2. The van der Waals surface area contributed by atoms with Gasteiger partial charge in [0.05, 0.1) is 31.8 Å². The maximum absolute atomic E-state index is 12.9. The molecular weight excluding hydrogens is 396 g/mol. The summed E-state index contributed by atoms with van der Waals surface area (Å²) in [6.07, 6.45) is 0. The maximum Gasteiger partial charge on any atom is 0.255 e. The lowest BCUT2D eigenvalue weighted by Crippen LogP contribution is -2.28. The molecule has 0 fully saturated rings. The Labute approximate surface area is 171 Å². The number of hydrogen-bond acceptors (Lipinski definition) is 6. The molecule has 0 saturated carbocycles. The molecule has 2 aromatic rings. The molecule has 0 radical (unpaired) electrons. The van der Waals surface area contributed by atoms with Crippen molar-refractivity contribution in [2.45, 2.75) is 24.8 Å². The Kier molecular flexibility index (Phi) is 7.46. The number of methoxy groups -OCH3 is 3. The molecule has 1 atom stereocenters. The summed E-state index contributed by atoms with van der Waals surface area (Å²) in [5.74, 6) is 0.934. The van der Waals surface area contributed by atoms with Crippen LogP contribution in [-0.4, -0.2) is 42.2 Å². The molecule has 0 aliphatic rings. The number of benzene rings is 2. The van der Waals surface area contributed by atoms with Crippen LogP contribution in [0.15, 0.2) is 41.3 Å². The number of ether oxygens (including phenoxy) is 3. The van der Waals surface area contributed by atoms with Gasteiger partial charge in [0.1, 0.15) is 5.75 Å². The van der Waals surface area contributed by atoms with Crippen LogP contribution in [0.1, 0.15) is 35.8 Å². The number of sulfonamides is 1. The second kappa shape index (κ2) is 9.62. The molecule has 158 valence electrons. The molecule has 0 heterocycles. The highest BCUT2D eigenvalue weighted by Gasteiger charge is 2.22. The summed E-state index contributed by atoms with van der Waals surface area (Å²) in [6.45, 7) is 3.90. The summed E-state index contributed by atoms with van der Waals surface area (Å²) in [6, 6.07) is 8.77. The van der Waals surface area contributed by atoms with Crippen LogP contribution in [0.3, 0.4) is 0 Å². The van der Waals surface area contributed by atoms with Gasteiger partial charge >= 0.3 is 0 Å². The first-order valence-corrected chi connectivity index (χ1v) is 10.5. The average molecular weight is 423 g/mol. The van der Waals surface area contributed by atoms with Crippen LogP contribution in [0.25, 0.3) is 0 Å². The van der Waals surface area contributed by atoms with Crippen molar-refractivity contribution in [1.82, 2.24) is 10.0 Å². The van der Waals surface area contributed by atoms with Gasteiger partial charge in [-0.2, -0.15) is 0 Å². The summed E-state index contributed by atoms with van der Waals surface area (Å²) >= 11 is 0. The van der Waals surface area contributed by atoms with Gasteiger partial charge < -0.3 is 19.5 Å². The van der Waals surface area contributed by atoms with E-state index in [4.69, 9.17) is 14.2 Å². The summed E-state index contributed by atoms with van der Waals surface area (Å²) in [5, 5.41) is 2.65. The molecule has 2 rings (SSSR count). The first-order chi connectivity index (χ1) is 13.8. The summed E-state index contributed by atoms with van der Waals surface area (Å²) in [4.78, 5) is 12.2. The monoisotopic (exact) mass is 422 g/mol. The highest BCUT2D eigenvalue weighted by atomic mass is 32.2. The van der Waals surface area contributed by atoms with Crippen molar-refractivity contribution in [2.75, 3.05) is 27.9 Å². The SMILES string of the molecule is CCNC(=O)c1cc(S(=O)(=O)NC(C)c2ccc(OC)c(OC)c2)ccc1OC. The van der Waals surface area contributed by atoms with Crippen LogP contribution >= 0.6 is 0 Å². The Morgan fingerprint density at radius 1 is 0.966 bits per heavy atom. The van der Waals surface area contributed by atoms with Crippen LogP contribution in [0.5, 0.6) is 17.2 Å². The second-order valence-corrected chi connectivity index (χ2v) is 7.89. The predicted octanol–water partition coefficient (Wildman–Crippen LogP) is 2.50. The van der Waals surface area contributed by atoms with Crippen molar-refractivity contribution in [3.8, 4) is 17.2 Å². The standard InChI is InChI=1S/C20H26N2O6S/c1-6-21-20(23)16-12-15(8-10-17(16)26-3)29(24,25)22-13(2)14-7-9-18(27-4)19(11-14)28-5/h7-13,22H,6H2,1-5H3,(H,21,23). The number of nitrogens with one attached hydrogen (secondary N) is 2. The lowest BCUT2D eigenvalue weighted by molar-refractivity contribution is 0.0952. The third-order valence-electron chi connectivity index (χ3n) is 4.30. The predicted molar refractivity (Wildman–Crippen MR) is 109 cm³/mol. The van der Waals surface area contributed by atoms with E-state index >= 15 is 0 Å². The first-order valence-electron chi connectivity index (χ1n) is 8.97. The topological polar surface area (TPSA) is 103 Å². The van der Waals surface area contributed by atoms with Gasteiger partial charge in [0, 0.05) is 12.6 Å². The van der Waals surface area contributed by atoms with E-state index < -0.39 is 22.0 Å². The Bertz CT molecular complexity index is 975. The molecule has 9 heteroatoms.